The number of carbonyl (C=O) groups is 1. The first-order valence-corrected chi connectivity index (χ1v) is 8.70. The molecule has 0 amide bonds. The second kappa shape index (κ2) is 7.64. The molecule has 2 heterocycles. The van der Waals surface area contributed by atoms with Gasteiger partial charge in [0.2, 0.25) is 17.1 Å². The molecule has 0 fully saturated rings. The molecule has 142 valence electrons. The first-order chi connectivity index (χ1) is 12.9. The Morgan fingerprint density at radius 2 is 2.11 bits per heavy atom. The van der Waals surface area contributed by atoms with Crippen LogP contribution >= 0.6 is 23.2 Å². The fourth-order valence-electron chi connectivity index (χ4n) is 2.82. The number of aliphatic hydroxyl groups is 1. The number of nitrogens with two attached hydrogens (primary N) is 1. The topological polar surface area (TPSA) is 112 Å². The number of hydrogen-bond donors (Lipinski definition) is 2. The van der Waals surface area contributed by atoms with Crippen molar-refractivity contribution in [2.45, 2.75) is 19.4 Å². The summed E-state index contributed by atoms with van der Waals surface area (Å²) in [5, 5.41) is 9.78. The lowest BCUT2D eigenvalue weighted by Gasteiger charge is -2.27. The maximum Gasteiger partial charge on any atom is 0.340 e. The van der Waals surface area contributed by atoms with Crippen LogP contribution in [0.1, 0.15) is 29.9 Å². The van der Waals surface area contributed by atoms with E-state index >= 15 is 0 Å². The number of halogens is 2. The van der Waals surface area contributed by atoms with Crippen molar-refractivity contribution in [2.24, 2.45) is 5.73 Å². The van der Waals surface area contributed by atoms with E-state index in [2.05, 4.69) is 0 Å². The van der Waals surface area contributed by atoms with E-state index in [1.54, 1.807) is 25.1 Å². The molecule has 3 N–H and O–H groups in total. The Morgan fingerprint density at radius 3 is 2.78 bits per heavy atom. The van der Waals surface area contributed by atoms with E-state index in [0.29, 0.717) is 5.56 Å². The van der Waals surface area contributed by atoms with Crippen LogP contribution in [0.3, 0.4) is 0 Å². The lowest BCUT2D eigenvalue weighted by Crippen LogP contribution is -2.30. The highest BCUT2D eigenvalue weighted by Crippen LogP contribution is 2.45. The minimum atomic E-state index is -1.00. The van der Waals surface area contributed by atoms with Crippen LogP contribution in [0, 0.1) is 0 Å². The molecule has 1 aliphatic heterocycles. The number of benzene rings is 1. The first-order valence-electron chi connectivity index (χ1n) is 7.95. The average Bonchev–Trinajstić information content (AvgIpc) is 2.63. The SMILES string of the molecule is CCOC(=O)C1=C(N)Oc2c(oc(CO)cc2=O)C1c1cccc(Cl)c1Cl. The zero-order valence-electron chi connectivity index (χ0n) is 14.1. The maximum absolute atomic E-state index is 12.6. The van der Waals surface area contributed by atoms with Crippen LogP contribution in [0.25, 0.3) is 0 Å². The predicted octanol–water partition coefficient (Wildman–Crippen LogP) is 2.70. The normalized spacial score (nSPS) is 15.9. The highest BCUT2D eigenvalue weighted by molar-refractivity contribution is 6.42. The number of aliphatic hydroxyl groups excluding tert-OH is 1. The van der Waals surface area contributed by atoms with Crippen LogP contribution in [-0.4, -0.2) is 17.7 Å². The Kier molecular flexibility index (Phi) is 5.46. The van der Waals surface area contributed by atoms with Gasteiger partial charge in [0, 0.05) is 6.07 Å². The monoisotopic (exact) mass is 411 g/mol. The van der Waals surface area contributed by atoms with Crippen molar-refractivity contribution in [3.8, 4) is 5.75 Å². The summed E-state index contributed by atoms with van der Waals surface area (Å²) in [4.78, 5) is 24.9. The second-order valence-electron chi connectivity index (χ2n) is 5.60. The van der Waals surface area contributed by atoms with Gasteiger partial charge in [-0.15, -0.1) is 0 Å². The Bertz CT molecular complexity index is 998. The van der Waals surface area contributed by atoms with Gasteiger partial charge in [0.15, 0.2) is 5.76 Å². The first kappa shape index (κ1) is 19.3. The Morgan fingerprint density at radius 1 is 1.37 bits per heavy atom. The highest BCUT2D eigenvalue weighted by atomic mass is 35.5. The van der Waals surface area contributed by atoms with Gasteiger partial charge in [0.1, 0.15) is 17.9 Å². The van der Waals surface area contributed by atoms with E-state index in [0.717, 1.165) is 6.07 Å². The maximum atomic E-state index is 12.6. The van der Waals surface area contributed by atoms with Crippen molar-refractivity contribution in [3.63, 3.8) is 0 Å². The largest absolute Gasteiger partial charge is 0.462 e. The van der Waals surface area contributed by atoms with Gasteiger partial charge < -0.3 is 24.7 Å². The summed E-state index contributed by atoms with van der Waals surface area (Å²) >= 11 is 12.5. The standard InChI is InChI=1S/C18H15Cl2NO6/c1-2-25-18(24)13-12(9-4-3-5-10(19)14(9)20)16-15(27-17(13)21)11(23)6-8(7-22)26-16/h3-6,12,22H,2,7,21H2,1H3. The van der Waals surface area contributed by atoms with Gasteiger partial charge in [-0.25, -0.2) is 4.79 Å². The van der Waals surface area contributed by atoms with Gasteiger partial charge in [0.25, 0.3) is 0 Å². The molecule has 7 nitrogen and oxygen atoms in total. The number of rotatable bonds is 4. The van der Waals surface area contributed by atoms with E-state index in [4.69, 9.17) is 42.8 Å². The molecular formula is C18H15Cl2NO6. The third-order valence-electron chi connectivity index (χ3n) is 3.95. The quantitative estimate of drug-likeness (QED) is 0.743. The molecule has 0 bridgehead atoms. The molecular weight excluding hydrogens is 397 g/mol. The molecule has 9 heteroatoms. The van der Waals surface area contributed by atoms with E-state index in [1.807, 2.05) is 0 Å². The van der Waals surface area contributed by atoms with Crippen molar-refractivity contribution in [3.05, 3.63) is 73.1 Å². The smallest absolute Gasteiger partial charge is 0.340 e. The zero-order valence-corrected chi connectivity index (χ0v) is 15.6. The van der Waals surface area contributed by atoms with Crippen LogP contribution in [0.4, 0.5) is 0 Å². The molecule has 1 aliphatic rings. The van der Waals surface area contributed by atoms with Gasteiger partial charge >= 0.3 is 5.97 Å². The Balaban J connectivity index is 2.33. The molecule has 0 saturated heterocycles. The Hall–Kier alpha value is -2.48. The average molecular weight is 412 g/mol. The summed E-state index contributed by atoms with van der Waals surface area (Å²) in [6, 6.07) is 5.90. The number of esters is 1. The summed E-state index contributed by atoms with van der Waals surface area (Å²) in [6.45, 7) is 1.21. The zero-order chi connectivity index (χ0) is 19.7. The van der Waals surface area contributed by atoms with Crippen molar-refractivity contribution in [1.29, 1.82) is 0 Å². The van der Waals surface area contributed by atoms with Gasteiger partial charge in [-0.1, -0.05) is 35.3 Å². The predicted molar refractivity (Wildman–Crippen MR) is 97.7 cm³/mol. The van der Waals surface area contributed by atoms with Crippen molar-refractivity contribution < 1.29 is 23.8 Å². The molecule has 0 radical (unpaired) electrons. The van der Waals surface area contributed by atoms with Crippen LogP contribution in [0.5, 0.6) is 5.75 Å². The van der Waals surface area contributed by atoms with Crippen LogP contribution in [0.2, 0.25) is 10.0 Å². The molecule has 1 aromatic heterocycles. The van der Waals surface area contributed by atoms with Crippen LogP contribution in [-0.2, 0) is 16.1 Å². The van der Waals surface area contributed by atoms with Crippen molar-refractivity contribution in [1.82, 2.24) is 0 Å². The third kappa shape index (κ3) is 3.41. The molecule has 1 aromatic carbocycles. The summed E-state index contributed by atoms with van der Waals surface area (Å²) in [5.74, 6) is -2.27. The second-order valence-corrected chi connectivity index (χ2v) is 6.39. The minimum absolute atomic E-state index is 0.00539. The molecule has 0 aliphatic carbocycles. The van der Waals surface area contributed by atoms with Gasteiger partial charge in [0.05, 0.1) is 22.6 Å². The minimum Gasteiger partial charge on any atom is -0.462 e. The summed E-state index contributed by atoms with van der Waals surface area (Å²) in [7, 11) is 0. The fraction of sp³-hybridized carbons (Fsp3) is 0.222. The molecule has 0 saturated carbocycles. The lowest BCUT2D eigenvalue weighted by molar-refractivity contribution is -0.139. The molecule has 0 spiro atoms. The van der Waals surface area contributed by atoms with E-state index < -0.39 is 23.9 Å². The summed E-state index contributed by atoms with van der Waals surface area (Å²) in [5.41, 5.74) is 5.67. The van der Waals surface area contributed by atoms with Gasteiger partial charge in [-0.3, -0.25) is 4.79 Å². The van der Waals surface area contributed by atoms with E-state index in [9.17, 15) is 14.7 Å². The number of ether oxygens (including phenoxy) is 2. The number of fused-ring (bicyclic) bond motifs is 1. The summed E-state index contributed by atoms with van der Waals surface area (Å²) in [6.07, 6.45) is 0. The number of carbonyl (C=O) groups excluding carboxylic acids is 1. The summed E-state index contributed by atoms with van der Waals surface area (Å²) < 4.78 is 16.1. The van der Waals surface area contributed by atoms with E-state index in [-0.39, 0.29) is 45.4 Å². The van der Waals surface area contributed by atoms with Crippen molar-refractivity contribution in [2.75, 3.05) is 6.61 Å². The molecule has 1 unspecified atom stereocenters. The number of hydrogen-bond acceptors (Lipinski definition) is 7. The fourth-order valence-corrected chi connectivity index (χ4v) is 3.24. The Labute approximate surface area is 163 Å². The van der Waals surface area contributed by atoms with E-state index in [1.165, 1.54) is 0 Å². The van der Waals surface area contributed by atoms with Crippen molar-refractivity contribution >= 4 is 29.2 Å². The lowest BCUT2D eigenvalue weighted by atomic mass is 9.86. The molecule has 1 atom stereocenters. The highest BCUT2D eigenvalue weighted by Gasteiger charge is 2.40. The molecule has 2 aromatic rings. The van der Waals surface area contributed by atoms with Gasteiger partial charge in [-0.2, -0.15) is 0 Å². The van der Waals surface area contributed by atoms with Gasteiger partial charge in [-0.05, 0) is 18.6 Å². The molecule has 27 heavy (non-hydrogen) atoms. The van der Waals surface area contributed by atoms with Crippen LogP contribution in [0.15, 0.2) is 44.9 Å². The van der Waals surface area contributed by atoms with Crippen LogP contribution < -0.4 is 15.9 Å². The third-order valence-corrected chi connectivity index (χ3v) is 4.79. The molecule has 3 rings (SSSR count).